The monoisotopic (exact) mass is 263 g/mol. The molecule has 2 rings (SSSR count). The van der Waals surface area contributed by atoms with Crippen LogP contribution in [-0.4, -0.2) is 18.9 Å². The number of carbonyl (C=O) groups excluding carboxylic acids is 1. The van der Waals surface area contributed by atoms with Gasteiger partial charge in [0.05, 0.1) is 11.3 Å². The van der Waals surface area contributed by atoms with Crippen LogP contribution >= 0.6 is 0 Å². The number of carbonyl (C=O) groups is 1. The minimum atomic E-state index is -0.417. The third-order valence-electron chi connectivity index (χ3n) is 3.78. The van der Waals surface area contributed by atoms with Crippen molar-refractivity contribution >= 4 is 12.0 Å². The molecule has 0 saturated heterocycles. The number of anilines is 1. The molecule has 2 nitrogen and oxygen atoms in total. The van der Waals surface area contributed by atoms with Crippen molar-refractivity contribution in [2.45, 2.75) is 45.6 Å². The van der Waals surface area contributed by atoms with Gasteiger partial charge in [0.1, 0.15) is 5.82 Å². The van der Waals surface area contributed by atoms with Crippen LogP contribution in [0.25, 0.3) is 0 Å². The maximum Gasteiger partial charge on any atom is 0.155 e. The molecule has 0 atom stereocenters. The molecule has 0 bridgehead atoms. The summed E-state index contributed by atoms with van der Waals surface area (Å²) in [5.41, 5.74) is 0.964. The predicted octanol–water partition coefficient (Wildman–Crippen LogP) is 4.04. The van der Waals surface area contributed by atoms with E-state index >= 15 is 0 Å². The number of hydrogen-bond acceptors (Lipinski definition) is 2. The topological polar surface area (TPSA) is 20.3 Å². The maximum absolute atomic E-state index is 13.8. The normalized spacial score (nSPS) is 16.0. The highest BCUT2D eigenvalue weighted by Crippen LogP contribution is 2.31. The SMILES string of the molecule is CC(C)CN(c1cccc(F)c1C=O)C1CCCC1. The Morgan fingerprint density at radius 2 is 2.05 bits per heavy atom. The summed E-state index contributed by atoms with van der Waals surface area (Å²) >= 11 is 0. The lowest BCUT2D eigenvalue weighted by Gasteiger charge is -2.33. The molecule has 0 aliphatic heterocycles. The van der Waals surface area contributed by atoms with Gasteiger partial charge in [-0.25, -0.2) is 4.39 Å². The van der Waals surface area contributed by atoms with Gasteiger partial charge < -0.3 is 4.90 Å². The maximum atomic E-state index is 13.8. The molecule has 3 heteroatoms. The van der Waals surface area contributed by atoms with Gasteiger partial charge in [-0.05, 0) is 30.9 Å². The van der Waals surface area contributed by atoms with Crippen LogP contribution in [0.1, 0.15) is 49.9 Å². The number of nitrogens with zero attached hydrogens (tertiary/aromatic N) is 1. The van der Waals surface area contributed by atoms with E-state index in [1.54, 1.807) is 6.07 Å². The van der Waals surface area contributed by atoms with E-state index in [2.05, 4.69) is 18.7 Å². The van der Waals surface area contributed by atoms with Crippen molar-refractivity contribution in [2.75, 3.05) is 11.4 Å². The molecule has 1 aromatic carbocycles. The first kappa shape index (κ1) is 14.0. The summed E-state index contributed by atoms with van der Waals surface area (Å²) in [6, 6.07) is 5.37. The van der Waals surface area contributed by atoms with Crippen LogP contribution in [0.15, 0.2) is 18.2 Å². The van der Waals surface area contributed by atoms with E-state index in [-0.39, 0.29) is 5.56 Å². The lowest BCUT2D eigenvalue weighted by atomic mass is 10.1. The van der Waals surface area contributed by atoms with Crippen LogP contribution in [0, 0.1) is 11.7 Å². The summed E-state index contributed by atoms with van der Waals surface area (Å²) in [4.78, 5) is 13.4. The molecule has 0 radical (unpaired) electrons. The molecule has 1 aliphatic carbocycles. The van der Waals surface area contributed by atoms with E-state index in [1.165, 1.54) is 18.9 Å². The number of rotatable bonds is 5. The van der Waals surface area contributed by atoms with Crippen molar-refractivity contribution in [1.82, 2.24) is 0 Å². The summed E-state index contributed by atoms with van der Waals surface area (Å²) in [7, 11) is 0. The second kappa shape index (κ2) is 6.18. The molecule has 0 amide bonds. The fourth-order valence-electron chi connectivity index (χ4n) is 2.95. The molecular weight excluding hydrogens is 241 g/mol. The van der Waals surface area contributed by atoms with Crippen molar-refractivity contribution in [3.8, 4) is 0 Å². The Hall–Kier alpha value is -1.38. The molecule has 0 heterocycles. The standard InChI is InChI=1S/C16H22FNO/c1-12(2)10-18(13-6-3-4-7-13)16-9-5-8-15(17)14(16)11-19/h5,8-9,11-13H,3-4,6-7,10H2,1-2H3. The quantitative estimate of drug-likeness (QED) is 0.747. The summed E-state index contributed by atoms with van der Waals surface area (Å²) in [6.45, 7) is 5.18. The van der Waals surface area contributed by atoms with Gasteiger partial charge in [-0.3, -0.25) is 4.79 Å². The average Bonchev–Trinajstić information content (AvgIpc) is 2.89. The van der Waals surface area contributed by atoms with Gasteiger partial charge in [0.15, 0.2) is 6.29 Å². The summed E-state index contributed by atoms with van der Waals surface area (Å²) in [6.07, 6.45) is 5.38. The molecule has 1 aromatic rings. The van der Waals surface area contributed by atoms with Gasteiger partial charge >= 0.3 is 0 Å². The van der Waals surface area contributed by atoms with Crippen LogP contribution in [-0.2, 0) is 0 Å². The fraction of sp³-hybridized carbons (Fsp3) is 0.562. The van der Waals surface area contributed by atoms with Crippen molar-refractivity contribution in [2.24, 2.45) is 5.92 Å². The number of halogens is 1. The first-order valence-corrected chi connectivity index (χ1v) is 7.13. The zero-order valence-corrected chi connectivity index (χ0v) is 11.7. The molecule has 1 fully saturated rings. The zero-order valence-electron chi connectivity index (χ0n) is 11.7. The van der Waals surface area contributed by atoms with Crippen LogP contribution in [0.5, 0.6) is 0 Å². The Morgan fingerprint density at radius 3 is 2.63 bits per heavy atom. The predicted molar refractivity (Wildman–Crippen MR) is 76.2 cm³/mol. The van der Waals surface area contributed by atoms with Gasteiger partial charge in [-0.1, -0.05) is 32.8 Å². The second-order valence-corrected chi connectivity index (χ2v) is 5.77. The highest BCUT2D eigenvalue weighted by molar-refractivity contribution is 5.85. The third kappa shape index (κ3) is 3.14. The first-order chi connectivity index (χ1) is 9.13. The van der Waals surface area contributed by atoms with E-state index in [4.69, 9.17) is 0 Å². The minimum absolute atomic E-state index is 0.204. The molecule has 1 saturated carbocycles. The van der Waals surface area contributed by atoms with Gasteiger partial charge in [-0.15, -0.1) is 0 Å². The number of benzene rings is 1. The van der Waals surface area contributed by atoms with Crippen molar-refractivity contribution in [1.29, 1.82) is 0 Å². The molecular formula is C16H22FNO. The third-order valence-corrected chi connectivity index (χ3v) is 3.78. The Bertz CT molecular complexity index is 438. The molecule has 1 aliphatic rings. The van der Waals surface area contributed by atoms with E-state index in [0.717, 1.165) is 25.1 Å². The average molecular weight is 263 g/mol. The summed E-state index contributed by atoms with van der Waals surface area (Å²) in [5.74, 6) is 0.0719. The van der Waals surface area contributed by atoms with Crippen molar-refractivity contribution in [3.63, 3.8) is 0 Å². The van der Waals surface area contributed by atoms with E-state index in [9.17, 15) is 9.18 Å². The number of hydrogen-bond donors (Lipinski definition) is 0. The van der Waals surface area contributed by atoms with Crippen LogP contribution in [0.2, 0.25) is 0 Å². The lowest BCUT2D eigenvalue weighted by molar-refractivity contribution is 0.112. The van der Waals surface area contributed by atoms with Gasteiger partial charge in [0, 0.05) is 12.6 Å². The van der Waals surface area contributed by atoms with Gasteiger partial charge in [0.25, 0.3) is 0 Å². The molecule has 104 valence electrons. The first-order valence-electron chi connectivity index (χ1n) is 7.13. The second-order valence-electron chi connectivity index (χ2n) is 5.77. The van der Waals surface area contributed by atoms with Crippen LogP contribution in [0.4, 0.5) is 10.1 Å². The summed E-state index contributed by atoms with van der Waals surface area (Å²) < 4.78 is 13.8. The Labute approximate surface area is 114 Å². The smallest absolute Gasteiger partial charge is 0.155 e. The lowest BCUT2D eigenvalue weighted by Crippen LogP contribution is -2.37. The molecule has 0 unspecified atom stereocenters. The molecule has 0 N–H and O–H groups in total. The van der Waals surface area contributed by atoms with E-state index < -0.39 is 5.82 Å². The minimum Gasteiger partial charge on any atom is -0.368 e. The van der Waals surface area contributed by atoms with Gasteiger partial charge in [-0.2, -0.15) is 0 Å². The number of aldehydes is 1. The highest BCUT2D eigenvalue weighted by atomic mass is 19.1. The van der Waals surface area contributed by atoms with E-state index in [1.807, 2.05) is 6.07 Å². The zero-order chi connectivity index (χ0) is 13.8. The summed E-state index contributed by atoms with van der Waals surface area (Å²) in [5, 5.41) is 0. The van der Waals surface area contributed by atoms with Gasteiger partial charge in [0.2, 0.25) is 0 Å². The molecule has 19 heavy (non-hydrogen) atoms. The van der Waals surface area contributed by atoms with Crippen LogP contribution < -0.4 is 4.90 Å². The highest BCUT2D eigenvalue weighted by Gasteiger charge is 2.25. The largest absolute Gasteiger partial charge is 0.368 e. The molecule has 0 aromatic heterocycles. The Morgan fingerprint density at radius 1 is 1.37 bits per heavy atom. The molecule has 0 spiro atoms. The Kier molecular flexibility index (Phi) is 4.56. The van der Waals surface area contributed by atoms with Crippen LogP contribution in [0.3, 0.4) is 0 Å². The fourth-order valence-corrected chi connectivity index (χ4v) is 2.95. The van der Waals surface area contributed by atoms with E-state index in [0.29, 0.717) is 18.2 Å². The van der Waals surface area contributed by atoms with Crippen molar-refractivity contribution < 1.29 is 9.18 Å². The van der Waals surface area contributed by atoms with Crippen molar-refractivity contribution in [3.05, 3.63) is 29.6 Å². The Balaban J connectivity index is 2.36.